The van der Waals surface area contributed by atoms with Crippen molar-refractivity contribution in [2.24, 2.45) is 0 Å². The number of nitrogens with one attached hydrogen (secondary N) is 1. The molecule has 5 nitrogen and oxygen atoms in total. The fourth-order valence-corrected chi connectivity index (χ4v) is 1.84. The zero-order valence-electron chi connectivity index (χ0n) is 10.4. The Morgan fingerprint density at radius 2 is 2.12 bits per heavy atom. The molecule has 0 fully saturated rings. The Hall–Kier alpha value is -1.67. The SMILES string of the molecule is CCOC(CC)(CC)c1ncc(C#N)c(=O)[nH]1. The normalized spacial score (nSPS) is 11.2. The number of hydrogen-bond acceptors (Lipinski definition) is 4. The lowest BCUT2D eigenvalue weighted by atomic mass is 9.96. The minimum absolute atomic E-state index is 0.0198. The van der Waals surface area contributed by atoms with Crippen LogP contribution < -0.4 is 5.56 Å². The summed E-state index contributed by atoms with van der Waals surface area (Å²) in [5.74, 6) is 0.494. The summed E-state index contributed by atoms with van der Waals surface area (Å²) in [6, 6.07) is 1.79. The molecule has 1 aromatic heterocycles. The molecule has 5 heteroatoms. The lowest BCUT2D eigenvalue weighted by Gasteiger charge is -2.30. The van der Waals surface area contributed by atoms with E-state index in [0.29, 0.717) is 25.3 Å². The van der Waals surface area contributed by atoms with E-state index in [1.807, 2.05) is 20.8 Å². The summed E-state index contributed by atoms with van der Waals surface area (Å²) >= 11 is 0. The van der Waals surface area contributed by atoms with Crippen molar-refractivity contribution in [1.29, 1.82) is 5.26 Å². The Balaban J connectivity index is 3.25. The highest BCUT2D eigenvalue weighted by Crippen LogP contribution is 2.29. The Morgan fingerprint density at radius 1 is 1.47 bits per heavy atom. The van der Waals surface area contributed by atoms with E-state index >= 15 is 0 Å². The number of nitrogens with zero attached hydrogens (tertiary/aromatic N) is 2. The zero-order chi connectivity index (χ0) is 12.9. The monoisotopic (exact) mass is 235 g/mol. The van der Waals surface area contributed by atoms with E-state index in [9.17, 15) is 4.79 Å². The van der Waals surface area contributed by atoms with Crippen molar-refractivity contribution in [3.8, 4) is 6.07 Å². The van der Waals surface area contributed by atoms with Crippen molar-refractivity contribution < 1.29 is 4.74 Å². The number of hydrogen-bond donors (Lipinski definition) is 1. The van der Waals surface area contributed by atoms with Crippen LogP contribution in [0.25, 0.3) is 0 Å². The fourth-order valence-electron chi connectivity index (χ4n) is 1.84. The maximum absolute atomic E-state index is 11.6. The molecule has 0 spiro atoms. The maximum atomic E-state index is 11.6. The summed E-state index contributed by atoms with van der Waals surface area (Å²) in [6.07, 6.45) is 2.73. The van der Waals surface area contributed by atoms with E-state index in [0.717, 1.165) is 0 Å². The molecule has 0 aliphatic rings. The fraction of sp³-hybridized carbons (Fsp3) is 0.583. The van der Waals surface area contributed by atoms with Crippen LogP contribution >= 0.6 is 0 Å². The van der Waals surface area contributed by atoms with E-state index in [-0.39, 0.29) is 5.56 Å². The second kappa shape index (κ2) is 5.60. The average molecular weight is 235 g/mol. The summed E-state index contributed by atoms with van der Waals surface area (Å²) in [6.45, 7) is 6.42. The van der Waals surface area contributed by atoms with Gasteiger partial charge in [-0.25, -0.2) is 4.98 Å². The van der Waals surface area contributed by atoms with Gasteiger partial charge in [0.15, 0.2) is 0 Å². The van der Waals surface area contributed by atoms with Crippen molar-refractivity contribution in [3.05, 3.63) is 27.9 Å². The molecule has 1 rings (SSSR count). The molecule has 1 N–H and O–H groups in total. The van der Waals surface area contributed by atoms with E-state index in [1.54, 1.807) is 6.07 Å². The number of nitriles is 1. The number of ether oxygens (including phenoxy) is 1. The van der Waals surface area contributed by atoms with Gasteiger partial charge in [0, 0.05) is 6.61 Å². The van der Waals surface area contributed by atoms with Crippen LogP contribution in [0.1, 0.15) is 45.0 Å². The van der Waals surface area contributed by atoms with Crippen molar-refractivity contribution in [3.63, 3.8) is 0 Å². The first-order valence-electron chi connectivity index (χ1n) is 5.77. The molecule has 0 saturated carbocycles. The molecule has 0 saturated heterocycles. The zero-order valence-corrected chi connectivity index (χ0v) is 10.4. The highest BCUT2D eigenvalue weighted by Gasteiger charge is 2.31. The molecule has 0 radical (unpaired) electrons. The Kier molecular flexibility index (Phi) is 4.41. The largest absolute Gasteiger partial charge is 0.367 e. The van der Waals surface area contributed by atoms with Crippen LogP contribution in [0.2, 0.25) is 0 Å². The molecular formula is C12H17N3O2. The van der Waals surface area contributed by atoms with Gasteiger partial charge in [0.1, 0.15) is 23.1 Å². The topological polar surface area (TPSA) is 78.8 Å². The van der Waals surface area contributed by atoms with Crippen LogP contribution in [0, 0.1) is 11.3 Å². The van der Waals surface area contributed by atoms with Crippen molar-refractivity contribution in [2.75, 3.05) is 6.61 Å². The van der Waals surface area contributed by atoms with Crippen LogP contribution in [0.3, 0.4) is 0 Å². The smallest absolute Gasteiger partial charge is 0.268 e. The first-order chi connectivity index (χ1) is 8.13. The minimum Gasteiger partial charge on any atom is -0.367 e. The van der Waals surface area contributed by atoms with Crippen LogP contribution in [-0.2, 0) is 10.3 Å². The lowest BCUT2D eigenvalue weighted by molar-refractivity contribution is -0.0573. The summed E-state index contributed by atoms with van der Waals surface area (Å²) in [7, 11) is 0. The molecule has 0 atom stereocenters. The molecule has 1 aromatic rings. The van der Waals surface area contributed by atoms with Gasteiger partial charge in [-0.05, 0) is 19.8 Å². The highest BCUT2D eigenvalue weighted by molar-refractivity contribution is 5.23. The second-order valence-electron chi connectivity index (χ2n) is 3.72. The van der Waals surface area contributed by atoms with Gasteiger partial charge in [0.05, 0.1) is 6.20 Å². The van der Waals surface area contributed by atoms with Gasteiger partial charge in [-0.1, -0.05) is 13.8 Å². The number of aromatic amines is 1. The van der Waals surface area contributed by atoms with E-state index in [1.165, 1.54) is 6.20 Å². The quantitative estimate of drug-likeness (QED) is 0.842. The minimum atomic E-state index is -0.568. The van der Waals surface area contributed by atoms with Crippen molar-refractivity contribution in [2.45, 2.75) is 39.2 Å². The van der Waals surface area contributed by atoms with Crippen molar-refractivity contribution >= 4 is 0 Å². The van der Waals surface area contributed by atoms with Gasteiger partial charge in [-0.3, -0.25) is 4.79 Å². The van der Waals surface area contributed by atoms with Gasteiger partial charge < -0.3 is 9.72 Å². The second-order valence-corrected chi connectivity index (χ2v) is 3.72. The predicted molar refractivity (Wildman–Crippen MR) is 63.5 cm³/mol. The third kappa shape index (κ3) is 2.53. The molecule has 0 aliphatic carbocycles. The van der Waals surface area contributed by atoms with E-state index in [4.69, 9.17) is 10.00 Å². The average Bonchev–Trinajstić information content (AvgIpc) is 2.36. The van der Waals surface area contributed by atoms with Crippen LogP contribution in [0.15, 0.2) is 11.0 Å². The van der Waals surface area contributed by atoms with Gasteiger partial charge in [-0.2, -0.15) is 5.26 Å². The van der Waals surface area contributed by atoms with E-state index in [2.05, 4.69) is 9.97 Å². The Labute approximate surface area is 100 Å². The highest BCUT2D eigenvalue weighted by atomic mass is 16.5. The number of rotatable bonds is 5. The lowest BCUT2D eigenvalue weighted by Crippen LogP contribution is -2.33. The van der Waals surface area contributed by atoms with Crippen LogP contribution in [-0.4, -0.2) is 16.6 Å². The van der Waals surface area contributed by atoms with Crippen LogP contribution in [0.4, 0.5) is 0 Å². The van der Waals surface area contributed by atoms with Gasteiger partial charge in [0.2, 0.25) is 0 Å². The van der Waals surface area contributed by atoms with Gasteiger partial charge in [0.25, 0.3) is 5.56 Å². The van der Waals surface area contributed by atoms with E-state index < -0.39 is 11.2 Å². The number of aromatic nitrogens is 2. The first kappa shape index (κ1) is 13.4. The molecule has 0 amide bonds. The molecule has 0 bridgehead atoms. The molecule has 92 valence electrons. The summed E-state index contributed by atoms with van der Waals surface area (Å²) in [5.41, 5.74) is -0.961. The first-order valence-corrected chi connectivity index (χ1v) is 5.77. The third-order valence-corrected chi connectivity index (χ3v) is 2.91. The third-order valence-electron chi connectivity index (χ3n) is 2.91. The maximum Gasteiger partial charge on any atom is 0.268 e. The van der Waals surface area contributed by atoms with Crippen molar-refractivity contribution in [1.82, 2.24) is 9.97 Å². The Morgan fingerprint density at radius 3 is 2.53 bits per heavy atom. The molecule has 0 aliphatic heterocycles. The predicted octanol–water partition coefficient (Wildman–Crippen LogP) is 1.69. The standard InChI is InChI=1S/C12H17N3O2/c1-4-12(5-2,17-6-3)11-14-8-9(7-13)10(16)15-11/h8H,4-6H2,1-3H3,(H,14,15,16). The molecule has 0 unspecified atom stereocenters. The molecule has 1 heterocycles. The Bertz CT molecular complexity index is 469. The molecule has 0 aromatic carbocycles. The molecule has 17 heavy (non-hydrogen) atoms. The van der Waals surface area contributed by atoms with Gasteiger partial charge in [-0.15, -0.1) is 0 Å². The van der Waals surface area contributed by atoms with Crippen LogP contribution in [0.5, 0.6) is 0 Å². The number of H-pyrrole nitrogens is 1. The molecular weight excluding hydrogens is 218 g/mol. The van der Waals surface area contributed by atoms with Gasteiger partial charge >= 0.3 is 0 Å². The summed E-state index contributed by atoms with van der Waals surface area (Å²) in [4.78, 5) is 18.4. The summed E-state index contributed by atoms with van der Waals surface area (Å²) < 4.78 is 5.73. The summed E-state index contributed by atoms with van der Waals surface area (Å²) in [5, 5.41) is 8.69.